The Hall–Kier alpha value is -2.70. The van der Waals surface area contributed by atoms with Gasteiger partial charge in [0.2, 0.25) is 17.7 Å². The molecular formula is C19H33N3O4. The molecule has 0 aromatic heterocycles. The third kappa shape index (κ3) is 7.92. The fourth-order valence-corrected chi connectivity index (χ4v) is 2.11. The van der Waals surface area contributed by atoms with Crippen LogP contribution in [0.5, 0.6) is 0 Å². The van der Waals surface area contributed by atoms with Crippen LogP contribution in [0.4, 0.5) is 0 Å². The smallest absolute Gasteiger partial charge is 0.243 e. The van der Waals surface area contributed by atoms with E-state index in [1.54, 1.807) is 20.8 Å². The van der Waals surface area contributed by atoms with Crippen molar-refractivity contribution < 1.29 is 23.5 Å². The molecule has 1 rings (SSSR count). The van der Waals surface area contributed by atoms with Gasteiger partial charge in [0.15, 0.2) is 5.78 Å². The summed E-state index contributed by atoms with van der Waals surface area (Å²) in [4.78, 5) is 47.5. The van der Waals surface area contributed by atoms with Crippen molar-refractivity contribution in [3.05, 3.63) is 35.9 Å². The molecule has 0 saturated heterocycles. The summed E-state index contributed by atoms with van der Waals surface area (Å²) in [7, 11) is 0. The molecule has 0 radical (unpaired) electrons. The molecular weight excluding hydrogens is 334 g/mol. The van der Waals surface area contributed by atoms with Crippen molar-refractivity contribution >= 4 is 23.5 Å². The van der Waals surface area contributed by atoms with Crippen LogP contribution in [0.25, 0.3) is 0 Å². The molecule has 148 valence electrons. The van der Waals surface area contributed by atoms with Crippen molar-refractivity contribution in [1.82, 2.24) is 16.0 Å². The minimum Gasteiger partial charge on any atom is -0.347 e. The van der Waals surface area contributed by atoms with Gasteiger partial charge in [0, 0.05) is 23.0 Å². The first kappa shape index (κ1) is 21.3. The van der Waals surface area contributed by atoms with E-state index in [2.05, 4.69) is 16.0 Å². The number of rotatable bonds is 10. The zero-order valence-electron chi connectivity index (χ0n) is 15.5. The van der Waals surface area contributed by atoms with E-state index in [1.807, 2.05) is 30.3 Å². The van der Waals surface area contributed by atoms with Gasteiger partial charge in [-0.05, 0) is 5.56 Å². The maximum absolute atomic E-state index is 12.4. The molecule has 0 bridgehead atoms. The molecule has 1 aromatic rings. The highest BCUT2D eigenvalue weighted by molar-refractivity contribution is 5.92. The number of carbonyl (C=O) groups excluding carboxylic acids is 4. The van der Waals surface area contributed by atoms with Gasteiger partial charge in [0.05, 0.1) is 13.1 Å². The van der Waals surface area contributed by atoms with Crippen molar-refractivity contribution in [2.24, 2.45) is 5.92 Å². The van der Waals surface area contributed by atoms with E-state index in [4.69, 9.17) is 0 Å². The van der Waals surface area contributed by atoms with Gasteiger partial charge in [0.1, 0.15) is 6.04 Å². The lowest BCUT2D eigenvalue weighted by Crippen LogP contribution is -2.51. The van der Waals surface area contributed by atoms with Crippen LogP contribution >= 0.6 is 0 Å². The zero-order valence-corrected chi connectivity index (χ0v) is 15.5. The van der Waals surface area contributed by atoms with Gasteiger partial charge >= 0.3 is 0 Å². The second-order valence-corrected chi connectivity index (χ2v) is 6.28. The summed E-state index contributed by atoms with van der Waals surface area (Å²) in [5.74, 6) is -1.40. The Kier molecular flexibility index (Phi) is 9.05. The number of hydrogen-bond donors (Lipinski definition) is 3. The Balaban J connectivity index is -0.00000225. The second-order valence-electron chi connectivity index (χ2n) is 6.28. The molecule has 0 aliphatic heterocycles. The third-order valence-electron chi connectivity index (χ3n) is 3.78. The molecule has 0 fully saturated rings. The Morgan fingerprint density at radius 3 is 2.19 bits per heavy atom. The lowest BCUT2D eigenvalue weighted by molar-refractivity contribution is -0.131. The predicted molar refractivity (Wildman–Crippen MR) is 105 cm³/mol. The Morgan fingerprint density at radius 1 is 0.962 bits per heavy atom. The number of benzene rings is 1. The van der Waals surface area contributed by atoms with Crippen molar-refractivity contribution in [2.45, 2.75) is 39.7 Å². The molecule has 0 saturated carbocycles. The van der Waals surface area contributed by atoms with Gasteiger partial charge in [0.25, 0.3) is 0 Å². The number of Topliss-reactive ketones (excluding diaryl/α,β-unsaturated/α-hetero) is 1. The predicted octanol–water partition coefficient (Wildman–Crippen LogP) is 1.32. The van der Waals surface area contributed by atoms with Gasteiger partial charge in [-0.25, -0.2) is 0 Å². The van der Waals surface area contributed by atoms with Crippen molar-refractivity contribution in [1.29, 1.82) is 0 Å². The minimum atomic E-state index is -0.830. The van der Waals surface area contributed by atoms with E-state index < -0.39 is 17.9 Å². The molecule has 1 aromatic carbocycles. The highest BCUT2D eigenvalue weighted by Crippen LogP contribution is 2.04. The Morgan fingerprint density at radius 2 is 1.62 bits per heavy atom. The third-order valence-corrected chi connectivity index (χ3v) is 3.78. The molecule has 0 aliphatic rings. The quantitative estimate of drug-likeness (QED) is 0.580. The maximum Gasteiger partial charge on any atom is 0.243 e. The van der Waals surface area contributed by atoms with Crippen LogP contribution in [-0.2, 0) is 25.6 Å². The van der Waals surface area contributed by atoms with E-state index in [1.165, 1.54) is 0 Å². The summed E-state index contributed by atoms with van der Waals surface area (Å²) in [5, 5.41) is 7.66. The van der Waals surface area contributed by atoms with Crippen LogP contribution in [0.2, 0.25) is 0 Å². The zero-order chi connectivity index (χ0) is 19.5. The number of ketones is 1. The molecule has 1 atom stereocenters. The van der Waals surface area contributed by atoms with Gasteiger partial charge in [-0.15, -0.1) is 0 Å². The summed E-state index contributed by atoms with van der Waals surface area (Å²) in [6.45, 7) is 4.92. The highest BCUT2D eigenvalue weighted by atomic mass is 16.2. The SMILES string of the molecule is CCC(=O)NCC(=O)N[C@@H](Cc1ccccc1)C(=O)NCC(=O)C(C)C.[HH].[HH].[HH]. The molecule has 0 spiro atoms. The summed E-state index contributed by atoms with van der Waals surface area (Å²) < 4.78 is 0. The summed E-state index contributed by atoms with van der Waals surface area (Å²) in [6.07, 6.45) is 0.564. The van der Waals surface area contributed by atoms with E-state index in [0.29, 0.717) is 0 Å². The first-order chi connectivity index (χ1) is 12.3. The van der Waals surface area contributed by atoms with Gasteiger partial charge in [-0.3, -0.25) is 19.2 Å². The number of carbonyl (C=O) groups is 4. The molecule has 26 heavy (non-hydrogen) atoms. The maximum atomic E-state index is 12.4. The Labute approximate surface area is 158 Å². The number of nitrogens with one attached hydrogen (secondary N) is 3. The monoisotopic (exact) mass is 367 g/mol. The molecule has 7 heteroatoms. The summed E-state index contributed by atoms with van der Waals surface area (Å²) in [5.41, 5.74) is 0.876. The van der Waals surface area contributed by atoms with E-state index in [0.717, 1.165) is 5.56 Å². The van der Waals surface area contributed by atoms with Crippen LogP contribution in [0.15, 0.2) is 30.3 Å². The van der Waals surface area contributed by atoms with Crippen LogP contribution in [0.3, 0.4) is 0 Å². The fraction of sp³-hybridized carbons (Fsp3) is 0.474. The number of hydrogen-bond acceptors (Lipinski definition) is 4. The second kappa shape index (κ2) is 11.0. The largest absolute Gasteiger partial charge is 0.347 e. The first-order valence-corrected chi connectivity index (χ1v) is 8.73. The van der Waals surface area contributed by atoms with Crippen LogP contribution < -0.4 is 16.0 Å². The van der Waals surface area contributed by atoms with Crippen molar-refractivity contribution in [3.8, 4) is 0 Å². The van der Waals surface area contributed by atoms with Crippen molar-refractivity contribution in [2.75, 3.05) is 13.1 Å². The molecule has 0 unspecified atom stereocenters. The minimum absolute atomic E-state index is 0. The van der Waals surface area contributed by atoms with Crippen LogP contribution in [0.1, 0.15) is 37.0 Å². The fourth-order valence-electron chi connectivity index (χ4n) is 2.11. The highest BCUT2D eigenvalue weighted by Gasteiger charge is 2.22. The molecule has 7 nitrogen and oxygen atoms in total. The molecule has 3 N–H and O–H groups in total. The average Bonchev–Trinajstić information content (AvgIpc) is 2.63. The molecule has 0 aliphatic carbocycles. The van der Waals surface area contributed by atoms with Crippen molar-refractivity contribution in [3.63, 3.8) is 0 Å². The summed E-state index contributed by atoms with van der Waals surface area (Å²) >= 11 is 0. The van der Waals surface area contributed by atoms with E-state index >= 15 is 0 Å². The topological polar surface area (TPSA) is 104 Å². The molecule has 3 amide bonds. The lowest BCUT2D eigenvalue weighted by atomic mass is 10.0. The van der Waals surface area contributed by atoms with Gasteiger partial charge < -0.3 is 16.0 Å². The van der Waals surface area contributed by atoms with E-state index in [9.17, 15) is 19.2 Å². The Bertz CT molecular complexity index is 643. The van der Waals surface area contributed by atoms with Crippen LogP contribution in [-0.4, -0.2) is 42.6 Å². The van der Waals surface area contributed by atoms with Gasteiger partial charge in [-0.1, -0.05) is 51.1 Å². The molecule has 0 heterocycles. The standard InChI is InChI=1S/C19H27N3O4.3H2/c1-4-17(24)20-12-18(25)22-15(10-14-8-6-5-7-9-14)19(26)21-11-16(23)13(2)3;;;/h5-9,13,15H,4,10-12H2,1-3H3,(H,20,24)(H,21,26)(H,22,25);3*1H/t15-;;;/m0.../s1. The summed E-state index contributed by atoms with van der Waals surface area (Å²) in [6, 6.07) is 8.42. The van der Waals surface area contributed by atoms with Gasteiger partial charge in [-0.2, -0.15) is 0 Å². The normalized spacial score (nSPS) is 11.5. The average molecular weight is 367 g/mol. The van der Waals surface area contributed by atoms with Crippen LogP contribution in [0, 0.1) is 5.92 Å². The first-order valence-electron chi connectivity index (χ1n) is 8.73. The number of amides is 3. The van der Waals surface area contributed by atoms with E-state index in [-0.39, 0.29) is 47.8 Å². The lowest BCUT2D eigenvalue weighted by Gasteiger charge is -2.19.